The van der Waals surface area contributed by atoms with Gasteiger partial charge in [0.15, 0.2) is 0 Å². The average molecular weight is 455 g/mol. The van der Waals surface area contributed by atoms with Gasteiger partial charge in [-0.2, -0.15) is 0 Å². The number of carbonyl (C=O) groups is 1. The van der Waals surface area contributed by atoms with Crippen LogP contribution < -0.4 is 9.46 Å². The monoisotopic (exact) mass is 454 g/mol. The Morgan fingerprint density at radius 2 is 1.83 bits per heavy atom. The minimum Gasteiger partial charge on any atom is -0.497 e. The first kappa shape index (κ1) is 24.1. The minimum atomic E-state index is -3.97. The number of halogens is 1. The predicted molar refractivity (Wildman–Crippen MR) is 117 cm³/mol. The van der Waals surface area contributed by atoms with E-state index in [1.165, 1.54) is 25.3 Å². The van der Waals surface area contributed by atoms with Crippen LogP contribution >= 0.6 is 11.6 Å². The van der Waals surface area contributed by atoms with E-state index in [9.17, 15) is 13.2 Å². The summed E-state index contributed by atoms with van der Waals surface area (Å²) in [7, 11) is -1.16. The van der Waals surface area contributed by atoms with Gasteiger partial charge in [-0.25, -0.2) is 17.9 Å². The van der Waals surface area contributed by atoms with E-state index >= 15 is 0 Å². The molecule has 0 aliphatic rings. The number of hydrogen-bond acceptors (Lipinski definition) is 6. The predicted octanol–water partition coefficient (Wildman–Crippen LogP) is 3.50. The normalized spacial score (nSPS) is 12.6. The number of esters is 1. The van der Waals surface area contributed by atoms with Gasteiger partial charge in [0.2, 0.25) is 10.0 Å². The van der Waals surface area contributed by atoms with Gasteiger partial charge in [0.25, 0.3) is 0 Å². The average Bonchev–Trinajstić information content (AvgIpc) is 2.76. The van der Waals surface area contributed by atoms with Crippen molar-refractivity contribution in [1.29, 1.82) is 0 Å². The molecule has 0 amide bonds. The van der Waals surface area contributed by atoms with Crippen LogP contribution in [0.3, 0.4) is 0 Å². The molecule has 0 aliphatic heterocycles. The first-order valence-electron chi connectivity index (χ1n) is 9.52. The van der Waals surface area contributed by atoms with Crippen molar-refractivity contribution in [2.45, 2.75) is 24.8 Å². The number of likely N-dealkylation sites (N-methyl/N-ethyl adjacent to an activating group) is 1. The Morgan fingerprint density at radius 1 is 1.13 bits per heavy atom. The summed E-state index contributed by atoms with van der Waals surface area (Å²) in [6.45, 7) is 5.62. The van der Waals surface area contributed by atoms with Crippen LogP contribution in [0.1, 0.15) is 35.8 Å². The van der Waals surface area contributed by atoms with Crippen LogP contribution in [0.15, 0.2) is 47.4 Å². The molecule has 0 saturated heterocycles. The SMILES string of the molecule is CCN(CC)C(CNS(=O)(=O)c1cc(C(=O)OC)ccc1Cl)c1cccc(OC)c1. The number of benzene rings is 2. The van der Waals surface area contributed by atoms with Crippen molar-refractivity contribution in [1.82, 2.24) is 9.62 Å². The van der Waals surface area contributed by atoms with Gasteiger partial charge in [-0.3, -0.25) is 4.90 Å². The zero-order valence-corrected chi connectivity index (χ0v) is 19.1. The highest BCUT2D eigenvalue weighted by Gasteiger charge is 2.25. The molecule has 2 rings (SSSR count). The molecule has 2 aromatic rings. The van der Waals surface area contributed by atoms with Gasteiger partial charge in [-0.1, -0.05) is 37.6 Å². The molecule has 1 atom stereocenters. The van der Waals surface area contributed by atoms with Crippen LogP contribution in [0.2, 0.25) is 5.02 Å². The van der Waals surface area contributed by atoms with E-state index in [-0.39, 0.29) is 28.1 Å². The number of carbonyl (C=O) groups excluding carboxylic acids is 1. The minimum absolute atomic E-state index is 0.0240. The summed E-state index contributed by atoms with van der Waals surface area (Å²) in [5, 5.41) is 0.0240. The van der Waals surface area contributed by atoms with Gasteiger partial charge in [-0.15, -0.1) is 0 Å². The molecule has 0 radical (unpaired) electrons. The highest BCUT2D eigenvalue weighted by Crippen LogP contribution is 2.26. The topological polar surface area (TPSA) is 84.9 Å². The molecule has 164 valence electrons. The summed E-state index contributed by atoms with van der Waals surface area (Å²) >= 11 is 6.12. The number of nitrogens with zero attached hydrogens (tertiary/aromatic N) is 1. The summed E-state index contributed by atoms with van der Waals surface area (Å²) in [4.78, 5) is 13.8. The third-order valence-corrected chi connectivity index (χ3v) is 6.75. The molecule has 1 unspecified atom stereocenters. The summed E-state index contributed by atoms with van der Waals surface area (Å²) in [6, 6.07) is 11.3. The first-order chi connectivity index (χ1) is 14.3. The molecule has 0 spiro atoms. The molecule has 1 N–H and O–H groups in total. The van der Waals surface area contributed by atoms with Crippen LogP contribution in [-0.2, 0) is 14.8 Å². The van der Waals surface area contributed by atoms with Crippen LogP contribution in [0.5, 0.6) is 5.75 Å². The smallest absolute Gasteiger partial charge is 0.337 e. The van der Waals surface area contributed by atoms with E-state index in [0.29, 0.717) is 5.75 Å². The zero-order chi connectivity index (χ0) is 22.3. The van der Waals surface area contributed by atoms with Crippen molar-refractivity contribution in [3.05, 3.63) is 58.6 Å². The largest absolute Gasteiger partial charge is 0.497 e. The molecule has 0 bridgehead atoms. The second-order valence-electron chi connectivity index (χ2n) is 6.50. The summed E-state index contributed by atoms with van der Waals surface area (Å²) in [6.07, 6.45) is 0. The Labute approximate surface area is 183 Å². The lowest BCUT2D eigenvalue weighted by Crippen LogP contribution is -2.38. The highest BCUT2D eigenvalue weighted by molar-refractivity contribution is 7.89. The standard InChI is InChI=1S/C21H27ClN2O5S/c1-5-24(6-2)19(15-8-7-9-17(12-15)28-3)14-23-30(26,27)20-13-16(21(25)29-4)10-11-18(20)22/h7-13,19,23H,5-6,14H2,1-4H3. The van der Waals surface area contributed by atoms with Gasteiger partial charge in [-0.05, 0) is 49.0 Å². The Hall–Kier alpha value is -2.13. The third kappa shape index (κ3) is 5.72. The van der Waals surface area contributed by atoms with Gasteiger partial charge in [0, 0.05) is 12.6 Å². The molecule has 30 heavy (non-hydrogen) atoms. The van der Waals surface area contributed by atoms with Crippen molar-refractivity contribution in [3.8, 4) is 5.75 Å². The van der Waals surface area contributed by atoms with Crippen LogP contribution in [0, 0.1) is 0 Å². The number of ether oxygens (including phenoxy) is 2. The van der Waals surface area contributed by atoms with E-state index in [4.69, 9.17) is 16.3 Å². The van der Waals surface area contributed by atoms with E-state index in [2.05, 4.69) is 14.4 Å². The molecule has 0 saturated carbocycles. The van der Waals surface area contributed by atoms with E-state index in [1.807, 2.05) is 38.1 Å². The Bertz CT molecular complexity index is 977. The summed E-state index contributed by atoms with van der Waals surface area (Å²) in [5.41, 5.74) is 1.03. The molecule has 0 heterocycles. The maximum absolute atomic E-state index is 13.0. The Morgan fingerprint density at radius 3 is 2.43 bits per heavy atom. The number of hydrogen-bond donors (Lipinski definition) is 1. The Kier molecular flexibility index (Phi) is 8.66. The van der Waals surface area contributed by atoms with Crippen LogP contribution in [0.4, 0.5) is 0 Å². The summed E-state index contributed by atoms with van der Waals surface area (Å²) in [5.74, 6) is 0.0573. The van der Waals surface area contributed by atoms with E-state index < -0.39 is 16.0 Å². The second-order valence-corrected chi connectivity index (χ2v) is 8.64. The van der Waals surface area contributed by atoms with E-state index in [0.717, 1.165) is 18.7 Å². The van der Waals surface area contributed by atoms with Crippen LogP contribution in [0.25, 0.3) is 0 Å². The first-order valence-corrected chi connectivity index (χ1v) is 11.4. The van der Waals surface area contributed by atoms with Crippen molar-refractivity contribution in [2.75, 3.05) is 33.9 Å². The van der Waals surface area contributed by atoms with Gasteiger partial charge >= 0.3 is 5.97 Å². The molecular weight excluding hydrogens is 428 g/mol. The zero-order valence-electron chi connectivity index (χ0n) is 17.5. The van der Waals surface area contributed by atoms with Crippen molar-refractivity contribution >= 4 is 27.6 Å². The second kappa shape index (κ2) is 10.8. The van der Waals surface area contributed by atoms with E-state index in [1.54, 1.807) is 7.11 Å². The lowest BCUT2D eigenvalue weighted by Gasteiger charge is -2.30. The van der Waals surface area contributed by atoms with Crippen molar-refractivity contribution in [2.24, 2.45) is 0 Å². The molecule has 2 aromatic carbocycles. The van der Waals surface area contributed by atoms with Gasteiger partial charge < -0.3 is 9.47 Å². The molecule has 0 aliphatic carbocycles. The highest BCUT2D eigenvalue weighted by atomic mass is 35.5. The van der Waals surface area contributed by atoms with Gasteiger partial charge in [0.1, 0.15) is 10.6 Å². The maximum atomic E-state index is 13.0. The molecular formula is C21H27ClN2O5S. The summed E-state index contributed by atoms with van der Waals surface area (Å²) < 4.78 is 38.6. The molecule has 7 nitrogen and oxygen atoms in total. The third-order valence-electron chi connectivity index (χ3n) is 4.84. The number of sulfonamides is 1. The number of methoxy groups -OCH3 is 2. The fraction of sp³-hybridized carbons (Fsp3) is 0.381. The van der Waals surface area contributed by atoms with Crippen molar-refractivity contribution in [3.63, 3.8) is 0 Å². The quantitative estimate of drug-likeness (QED) is 0.553. The molecule has 0 aromatic heterocycles. The van der Waals surface area contributed by atoms with Gasteiger partial charge in [0.05, 0.1) is 24.8 Å². The number of nitrogens with one attached hydrogen (secondary N) is 1. The Balaban J connectivity index is 2.35. The molecule has 9 heteroatoms. The number of rotatable bonds is 10. The fourth-order valence-corrected chi connectivity index (χ4v) is 4.75. The maximum Gasteiger partial charge on any atom is 0.337 e. The fourth-order valence-electron chi connectivity index (χ4n) is 3.19. The lowest BCUT2D eigenvalue weighted by molar-refractivity contribution is 0.0600. The lowest BCUT2D eigenvalue weighted by atomic mass is 10.0. The molecule has 0 fully saturated rings. The van der Waals surface area contributed by atoms with Crippen LogP contribution in [-0.4, -0.2) is 53.1 Å². The van der Waals surface area contributed by atoms with Crippen molar-refractivity contribution < 1.29 is 22.7 Å².